The Labute approximate surface area is 113 Å². The summed E-state index contributed by atoms with van der Waals surface area (Å²) in [4.78, 5) is 14.9. The van der Waals surface area contributed by atoms with Gasteiger partial charge >= 0.3 is 0 Å². The smallest absolute Gasteiger partial charge is 0.240 e. The van der Waals surface area contributed by atoms with Crippen LogP contribution in [0.5, 0.6) is 0 Å². The van der Waals surface area contributed by atoms with Crippen molar-refractivity contribution in [3.63, 3.8) is 0 Å². The maximum absolute atomic E-state index is 11.9. The number of amides is 1. The van der Waals surface area contributed by atoms with Gasteiger partial charge < -0.3 is 10.6 Å². The molecule has 1 amide bonds. The van der Waals surface area contributed by atoms with Crippen LogP contribution in [-0.4, -0.2) is 24.2 Å². The summed E-state index contributed by atoms with van der Waals surface area (Å²) in [6.45, 7) is 7.33. The zero-order valence-electron chi connectivity index (χ0n) is 11.1. The number of carbonyl (C=O) groups excluding carboxylic acids is 1. The molecule has 1 unspecified atom stereocenters. The molecule has 1 atom stereocenters. The minimum absolute atomic E-state index is 0.000645. The summed E-state index contributed by atoms with van der Waals surface area (Å²) in [5.41, 5.74) is 7.81. The first-order chi connectivity index (χ1) is 8.52. The molecule has 1 aromatic carbocycles. The van der Waals surface area contributed by atoms with Crippen LogP contribution in [0.1, 0.15) is 32.3 Å². The zero-order valence-corrected chi connectivity index (χ0v) is 12.0. The Bertz CT molecular complexity index is 459. The molecule has 0 saturated carbocycles. The van der Waals surface area contributed by atoms with Crippen LogP contribution in [0.2, 0.25) is 0 Å². The van der Waals surface area contributed by atoms with Crippen LogP contribution >= 0.6 is 11.8 Å². The van der Waals surface area contributed by atoms with E-state index in [9.17, 15) is 4.79 Å². The van der Waals surface area contributed by atoms with Gasteiger partial charge in [-0.3, -0.25) is 4.79 Å². The Kier molecular flexibility index (Phi) is 3.97. The summed E-state index contributed by atoms with van der Waals surface area (Å²) in [5, 5.41) is 0.412. The number of nitrogens with zero attached hydrogens (tertiary/aromatic N) is 1. The third-order valence-corrected chi connectivity index (χ3v) is 4.32. The SMILES string of the molecule is CC1CN(C(=O)CN)c2ccc(C(C)C)cc2S1. The highest BCUT2D eigenvalue weighted by molar-refractivity contribution is 8.00. The molecule has 1 aliphatic rings. The van der Waals surface area contributed by atoms with Crippen LogP contribution in [0.15, 0.2) is 23.1 Å². The number of carbonyl (C=O) groups is 1. The van der Waals surface area contributed by atoms with Crippen molar-refractivity contribution in [3.05, 3.63) is 23.8 Å². The van der Waals surface area contributed by atoms with E-state index in [2.05, 4.69) is 39.0 Å². The molecular formula is C14H20N2OS. The maximum Gasteiger partial charge on any atom is 0.240 e. The highest BCUT2D eigenvalue weighted by Gasteiger charge is 2.26. The van der Waals surface area contributed by atoms with Crippen molar-refractivity contribution in [1.29, 1.82) is 0 Å². The number of nitrogens with two attached hydrogens (primary N) is 1. The Morgan fingerprint density at radius 2 is 2.28 bits per heavy atom. The van der Waals surface area contributed by atoms with Crippen LogP contribution in [-0.2, 0) is 4.79 Å². The van der Waals surface area contributed by atoms with Gasteiger partial charge in [-0.25, -0.2) is 0 Å². The lowest BCUT2D eigenvalue weighted by atomic mass is 10.0. The van der Waals surface area contributed by atoms with Crippen LogP contribution in [0, 0.1) is 0 Å². The number of hydrogen-bond donors (Lipinski definition) is 1. The van der Waals surface area contributed by atoms with Crippen molar-refractivity contribution < 1.29 is 4.79 Å². The first-order valence-corrected chi connectivity index (χ1v) is 7.22. The van der Waals surface area contributed by atoms with Crippen molar-refractivity contribution in [1.82, 2.24) is 0 Å². The van der Waals surface area contributed by atoms with Gasteiger partial charge in [-0.2, -0.15) is 0 Å². The number of hydrogen-bond acceptors (Lipinski definition) is 3. The Morgan fingerprint density at radius 3 is 2.89 bits per heavy atom. The number of anilines is 1. The summed E-state index contributed by atoms with van der Waals surface area (Å²) in [6.07, 6.45) is 0. The summed E-state index contributed by atoms with van der Waals surface area (Å²) < 4.78 is 0. The third-order valence-electron chi connectivity index (χ3n) is 3.18. The minimum atomic E-state index is 0.000645. The molecule has 98 valence electrons. The molecule has 0 aliphatic carbocycles. The topological polar surface area (TPSA) is 46.3 Å². The van der Waals surface area contributed by atoms with E-state index in [-0.39, 0.29) is 12.5 Å². The van der Waals surface area contributed by atoms with Crippen molar-refractivity contribution in [2.45, 2.75) is 36.8 Å². The molecule has 3 nitrogen and oxygen atoms in total. The lowest BCUT2D eigenvalue weighted by Gasteiger charge is -2.33. The molecule has 0 spiro atoms. The predicted molar refractivity (Wildman–Crippen MR) is 77.3 cm³/mol. The van der Waals surface area contributed by atoms with Crippen LogP contribution in [0.25, 0.3) is 0 Å². The predicted octanol–water partition coefficient (Wildman–Crippen LogP) is 2.60. The van der Waals surface area contributed by atoms with Gasteiger partial charge in [0.2, 0.25) is 5.91 Å². The molecule has 18 heavy (non-hydrogen) atoms. The zero-order chi connectivity index (χ0) is 13.3. The summed E-state index contributed by atoms with van der Waals surface area (Å²) in [7, 11) is 0. The largest absolute Gasteiger partial charge is 0.322 e. The molecule has 1 heterocycles. The first-order valence-electron chi connectivity index (χ1n) is 6.34. The van der Waals surface area contributed by atoms with E-state index in [4.69, 9.17) is 5.73 Å². The fraction of sp³-hybridized carbons (Fsp3) is 0.500. The second-order valence-electron chi connectivity index (χ2n) is 5.02. The lowest BCUT2D eigenvalue weighted by molar-refractivity contribution is -0.117. The van der Waals surface area contributed by atoms with Crippen molar-refractivity contribution in [3.8, 4) is 0 Å². The summed E-state index contributed by atoms with van der Waals surface area (Å²) in [6, 6.07) is 6.37. The van der Waals surface area contributed by atoms with E-state index in [1.807, 2.05) is 16.7 Å². The monoisotopic (exact) mass is 264 g/mol. The van der Waals surface area contributed by atoms with E-state index in [1.165, 1.54) is 10.5 Å². The molecule has 2 N–H and O–H groups in total. The summed E-state index contributed by atoms with van der Waals surface area (Å²) in [5.74, 6) is 0.507. The molecule has 0 radical (unpaired) electrons. The first kappa shape index (κ1) is 13.4. The number of benzene rings is 1. The van der Waals surface area contributed by atoms with Gasteiger partial charge in [0.25, 0.3) is 0 Å². The van der Waals surface area contributed by atoms with Crippen LogP contribution in [0.3, 0.4) is 0 Å². The van der Waals surface area contributed by atoms with Crippen molar-refractivity contribution in [2.24, 2.45) is 5.73 Å². The molecule has 1 aliphatic heterocycles. The molecular weight excluding hydrogens is 244 g/mol. The Morgan fingerprint density at radius 1 is 1.56 bits per heavy atom. The number of thioether (sulfide) groups is 1. The van der Waals surface area contributed by atoms with E-state index in [0.717, 1.165) is 12.2 Å². The minimum Gasteiger partial charge on any atom is -0.322 e. The average molecular weight is 264 g/mol. The third kappa shape index (κ3) is 2.54. The molecule has 1 aromatic rings. The standard InChI is InChI=1S/C14H20N2OS/c1-9(2)11-4-5-12-13(6-11)18-10(3)8-16(12)14(17)7-15/h4-6,9-10H,7-8,15H2,1-3H3. The van der Waals surface area contributed by atoms with Crippen molar-refractivity contribution in [2.75, 3.05) is 18.0 Å². The van der Waals surface area contributed by atoms with Crippen LogP contribution in [0.4, 0.5) is 5.69 Å². The fourth-order valence-corrected chi connectivity index (χ4v) is 3.32. The fourth-order valence-electron chi connectivity index (χ4n) is 2.16. The Balaban J connectivity index is 2.41. The van der Waals surface area contributed by atoms with E-state index >= 15 is 0 Å². The van der Waals surface area contributed by atoms with E-state index in [1.54, 1.807) is 0 Å². The number of fused-ring (bicyclic) bond motifs is 1. The highest BCUT2D eigenvalue weighted by atomic mass is 32.2. The van der Waals surface area contributed by atoms with Gasteiger partial charge in [0.15, 0.2) is 0 Å². The van der Waals surface area contributed by atoms with E-state index < -0.39 is 0 Å². The average Bonchev–Trinajstić information content (AvgIpc) is 2.35. The normalized spacial score (nSPS) is 18.9. The molecule has 0 fully saturated rings. The number of rotatable bonds is 2. The van der Waals surface area contributed by atoms with Crippen LogP contribution < -0.4 is 10.6 Å². The Hall–Kier alpha value is -1.00. The lowest BCUT2D eigenvalue weighted by Crippen LogP contribution is -2.41. The van der Waals surface area contributed by atoms with Gasteiger partial charge in [0.1, 0.15) is 0 Å². The second-order valence-corrected chi connectivity index (χ2v) is 6.50. The molecule has 2 rings (SSSR count). The molecule has 4 heteroatoms. The summed E-state index contributed by atoms with van der Waals surface area (Å²) >= 11 is 1.84. The highest BCUT2D eigenvalue weighted by Crippen LogP contribution is 2.39. The van der Waals surface area contributed by atoms with E-state index in [0.29, 0.717) is 11.2 Å². The van der Waals surface area contributed by atoms with Gasteiger partial charge in [-0.15, -0.1) is 11.8 Å². The molecule has 0 aromatic heterocycles. The second kappa shape index (κ2) is 5.33. The van der Waals surface area contributed by atoms with Gasteiger partial charge in [-0.05, 0) is 23.6 Å². The van der Waals surface area contributed by atoms with Gasteiger partial charge in [0, 0.05) is 16.7 Å². The quantitative estimate of drug-likeness (QED) is 0.893. The van der Waals surface area contributed by atoms with Gasteiger partial charge in [0.05, 0.1) is 12.2 Å². The molecule has 0 bridgehead atoms. The van der Waals surface area contributed by atoms with Crippen molar-refractivity contribution >= 4 is 23.4 Å². The van der Waals surface area contributed by atoms with Gasteiger partial charge in [-0.1, -0.05) is 26.8 Å². The maximum atomic E-state index is 11.9. The molecule has 0 saturated heterocycles.